The molecule has 740 valence electrons. The van der Waals surface area contributed by atoms with Gasteiger partial charge in [-0.1, -0.05) is 102 Å². The molecule has 0 atom stereocenters. The predicted octanol–water partition coefficient (Wildman–Crippen LogP) is 34.5. The van der Waals surface area contributed by atoms with Gasteiger partial charge in [-0.2, -0.15) is 35.1 Å². The third-order valence-corrected chi connectivity index (χ3v) is 22.3. The van der Waals surface area contributed by atoms with Gasteiger partial charge in [0.05, 0.1) is 0 Å². The number of halogens is 32. The number of hydrogen-bond acceptors (Lipinski definition) is 4. The first-order valence-electron chi connectivity index (χ1n) is 42.8. The number of unbranched alkanes of at least 4 members (excludes halogenated alkanes) is 3. The molecule has 0 aliphatic heterocycles. The van der Waals surface area contributed by atoms with Crippen molar-refractivity contribution < 1.29 is 159 Å². The minimum Gasteiger partial charge on any atom is -0.429 e. The van der Waals surface area contributed by atoms with Crippen molar-refractivity contribution >= 4 is 43.1 Å². The zero-order valence-corrected chi connectivity index (χ0v) is 73.6. The second-order valence-corrected chi connectivity index (χ2v) is 32.1. The number of rotatable bonds is 26. The maximum absolute atomic E-state index is 14.8. The second-order valence-electron chi connectivity index (χ2n) is 32.1. The predicted molar refractivity (Wildman–Crippen MR) is 466 cm³/mol. The van der Waals surface area contributed by atoms with Gasteiger partial charge >= 0.3 is 24.4 Å². The van der Waals surface area contributed by atoms with E-state index >= 15 is 0 Å². The molecule has 4 nitrogen and oxygen atoms in total. The highest BCUT2D eigenvalue weighted by atomic mass is 19.3. The number of benzene rings is 16. The Hall–Kier alpha value is -14.5. The molecule has 16 rings (SSSR count). The van der Waals surface area contributed by atoms with E-state index in [-0.39, 0.29) is 66.1 Å². The van der Waals surface area contributed by atoms with Crippen LogP contribution < -0.4 is 18.9 Å². The zero-order valence-electron chi connectivity index (χ0n) is 73.6. The summed E-state index contributed by atoms with van der Waals surface area (Å²) in [7, 11) is 0. The molecule has 0 amide bonds. The van der Waals surface area contributed by atoms with Crippen molar-refractivity contribution in [2.75, 3.05) is 0 Å². The number of alkyl halides is 8. The van der Waals surface area contributed by atoms with Gasteiger partial charge in [0.1, 0.15) is 115 Å². The van der Waals surface area contributed by atoms with Crippen LogP contribution in [-0.4, -0.2) is 0 Å². The molecule has 0 saturated carbocycles. The first-order valence-corrected chi connectivity index (χ1v) is 42.8. The maximum atomic E-state index is 14.8. The van der Waals surface area contributed by atoms with E-state index in [2.05, 4.69) is 18.9 Å². The zero-order chi connectivity index (χ0) is 103. The smallest absolute Gasteiger partial charge is 0.429 e. The van der Waals surface area contributed by atoms with Gasteiger partial charge in [0.2, 0.25) is 0 Å². The molecule has 142 heavy (non-hydrogen) atoms. The number of aryl methyl sites for hydroxylation is 4. The molecule has 36 heteroatoms. The van der Waals surface area contributed by atoms with Crippen molar-refractivity contribution in [2.24, 2.45) is 0 Å². The van der Waals surface area contributed by atoms with Crippen LogP contribution >= 0.6 is 0 Å². The Kier molecular flexibility index (Phi) is 31.7. The summed E-state index contributed by atoms with van der Waals surface area (Å²) in [5.41, 5.74) is -6.11. The summed E-state index contributed by atoms with van der Waals surface area (Å²) < 4.78 is 474. The number of fused-ring (bicyclic) bond motifs is 4. The standard InChI is InChI=1S/C28H20F8O.C27H18F8O.C26H16F8O.C25H14F8O/c1-2-3-4-5-15-6-8-19(21(29)10-15)17-12-22(30)25(23(31)13-17)28(35,36)37-18-7-9-20-16(11-18)14-24(32)27(34)26(20)33;1-2-3-4-14-5-7-18(20(28)9-14)16-11-21(29)24(22(30)12-16)27(34,35)36-17-6-8-19-15(10-17)13-23(31)26(33)25(19)32;1-2-3-13-4-6-17(19(27)8-13)15-10-20(28)23(21(29)11-15)26(33,34)35-16-5-7-18-14(9-16)12-22(30)25(32)24(18)31;1-2-12-3-5-16(18(26)7-12)14-9-19(27)22(20(28)10-14)25(32,33)34-15-4-6-17-13(8-15)11-21(29)24(31)23(17)30/h6-14H,2-5H2,1H3;5-13H,2-4H2,1H3;4-12H,2-3H2,1H3;3-11H,2H2,1H3. The number of ether oxygens (including phenoxy) is 4. The Bertz CT molecular complexity index is 7420. The monoisotopic (exact) mass is 2010 g/mol. The van der Waals surface area contributed by atoms with Gasteiger partial charge in [0.25, 0.3) is 0 Å². The van der Waals surface area contributed by atoms with E-state index in [1.54, 1.807) is 25.1 Å². The maximum Gasteiger partial charge on any atom is 0.432 e. The highest BCUT2D eigenvalue weighted by molar-refractivity contribution is 5.88. The summed E-state index contributed by atoms with van der Waals surface area (Å²) in [4.78, 5) is 0. The van der Waals surface area contributed by atoms with Crippen LogP contribution in [0.5, 0.6) is 23.0 Å². The second kappa shape index (κ2) is 42.9. The quantitative estimate of drug-likeness (QED) is 0.0308. The van der Waals surface area contributed by atoms with Crippen molar-refractivity contribution in [2.45, 2.75) is 116 Å². The molecule has 0 aliphatic carbocycles. The third-order valence-electron chi connectivity index (χ3n) is 22.3. The van der Waals surface area contributed by atoms with Crippen molar-refractivity contribution in [3.05, 3.63) is 403 Å². The molecule has 16 aromatic rings. The van der Waals surface area contributed by atoms with Gasteiger partial charge in [0, 0.05) is 43.8 Å². The summed E-state index contributed by atoms with van der Waals surface area (Å²) in [5, 5.41) is -2.88. The van der Waals surface area contributed by atoms with Gasteiger partial charge in [-0.3, -0.25) is 0 Å². The largest absolute Gasteiger partial charge is 0.432 e. The first kappa shape index (κ1) is 105. The summed E-state index contributed by atoms with van der Waals surface area (Å²) >= 11 is 0. The molecule has 0 unspecified atom stereocenters. The van der Waals surface area contributed by atoms with E-state index in [1.807, 2.05) is 20.8 Å². The molecule has 0 spiro atoms. The molecular formula is C106H68F32O4. The molecule has 0 radical (unpaired) electrons. The minimum atomic E-state index is -4.56. The molecule has 0 N–H and O–H groups in total. The first-order chi connectivity index (χ1) is 67.0. The highest BCUT2D eigenvalue weighted by Crippen LogP contribution is 2.46. The van der Waals surface area contributed by atoms with E-state index in [1.165, 1.54) is 54.6 Å². The van der Waals surface area contributed by atoms with E-state index in [0.717, 1.165) is 111 Å². The van der Waals surface area contributed by atoms with Crippen molar-refractivity contribution in [3.8, 4) is 67.5 Å². The highest BCUT2D eigenvalue weighted by Gasteiger charge is 2.46. The van der Waals surface area contributed by atoms with Crippen LogP contribution in [-0.2, 0) is 50.1 Å². The molecule has 16 aromatic carbocycles. The van der Waals surface area contributed by atoms with Crippen LogP contribution in [0.15, 0.2) is 218 Å². The molecule has 0 aromatic heterocycles. The molecule has 0 saturated heterocycles. The Labute approximate surface area is 785 Å². The van der Waals surface area contributed by atoms with Crippen LogP contribution in [0, 0.1) is 140 Å². The van der Waals surface area contributed by atoms with Crippen LogP contribution in [0.3, 0.4) is 0 Å². The van der Waals surface area contributed by atoms with Crippen LogP contribution in [0.4, 0.5) is 140 Å². The lowest BCUT2D eigenvalue weighted by molar-refractivity contribution is -0.190. The lowest BCUT2D eigenvalue weighted by Crippen LogP contribution is -2.25. The lowest BCUT2D eigenvalue weighted by Gasteiger charge is -2.20. The van der Waals surface area contributed by atoms with Crippen LogP contribution in [0.2, 0.25) is 0 Å². The average Bonchev–Trinajstić information content (AvgIpc) is 0.811. The molecule has 0 heterocycles. The van der Waals surface area contributed by atoms with E-state index in [0.29, 0.717) is 121 Å². The topological polar surface area (TPSA) is 36.9 Å². The molecular weight excluding hydrogens is 1950 g/mol. The van der Waals surface area contributed by atoms with Gasteiger partial charge in [0.15, 0.2) is 69.8 Å². The van der Waals surface area contributed by atoms with Crippen LogP contribution in [0.25, 0.3) is 87.6 Å². The van der Waals surface area contributed by atoms with Crippen molar-refractivity contribution in [1.29, 1.82) is 0 Å². The summed E-state index contributed by atoms with van der Waals surface area (Å²) in [6.07, 6.45) is -10.6. The fourth-order valence-corrected chi connectivity index (χ4v) is 15.3. The third kappa shape index (κ3) is 22.9. The summed E-state index contributed by atoms with van der Waals surface area (Å²) in [5.74, 6) is -38.6. The Balaban J connectivity index is 0.000000159. The van der Waals surface area contributed by atoms with Gasteiger partial charge in [-0.15, -0.1) is 0 Å². The average molecular weight is 2010 g/mol. The van der Waals surface area contributed by atoms with Crippen LogP contribution in [0.1, 0.15) is 111 Å². The fraction of sp³-hybridized carbons (Fsp3) is 0.170. The Morgan fingerprint density at radius 2 is 0.408 bits per heavy atom. The van der Waals surface area contributed by atoms with Gasteiger partial charge in [-0.05, 0) is 274 Å². The molecule has 0 aliphatic rings. The Morgan fingerprint density at radius 3 is 0.627 bits per heavy atom. The van der Waals surface area contributed by atoms with E-state index < -0.39 is 231 Å². The Morgan fingerprint density at radius 1 is 0.190 bits per heavy atom. The summed E-state index contributed by atoms with van der Waals surface area (Å²) in [6, 6.07) is 32.9. The van der Waals surface area contributed by atoms with Crippen molar-refractivity contribution in [3.63, 3.8) is 0 Å². The lowest BCUT2D eigenvalue weighted by atomic mass is 9.99. The fourth-order valence-electron chi connectivity index (χ4n) is 15.3. The molecule has 0 bridgehead atoms. The van der Waals surface area contributed by atoms with E-state index in [9.17, 15) is 140 Å². The minimum absolute atomic E-state index is 0.168. The van der Waals surface area contributed by atoms with Crippen molar-refractivity contribution in [1.82, 2.24) is 0 Å². The van der Waals surface area contributed by atoms with Gasteiger partial charge in [-0.25, -0.2) is 105 Å². The van der Waals surface area contributed by atoms with E-state index in [4.69, 9.17) is 0 Å². The number of hydrogen-bond donors (Lipinski definition) is 0. The molecule has 0 fully saturated rings. The summed E-state index contributed by atoms with van der Waals surface area (Å²) in [6.45, 7) is 7.67. The van der Waals surface area contributed by atoms with Gasteiger partial charge < -0.3 is 18.9 Å². The normalized spacial score (nSPS) is 11.8. The SMILES string of the molecule is CCCCCc1ccc(-c2cc(F)c(C(F)(F)Oc3ccc4c(F)c(F)c(F)cc4c3)c(F)c2)c(F)c1.CCCCc1ccc(-c2cc(F)c(C(F)(F)Oc3ccc4c(F)c(F)c(F)cc4c3)c(F)c2)c(F)c1.CCCc1ccc(-c2cc(F)c(C(F)(F)Oc3ccc4c(F)c(F)c(F)cc4c3)c(F)c2)c(F)c1.CCc1ccc(-c2cc(F)c(C(F)(F)Oc3ccc4c(F)c(F)c(F)cc4c3)c(F)c2)c(F)c1.